The highest BCUT2D eigenvalue weighted by molar-refractivity contribution is 7.99. The summed E-state index contributed by atoms with van der Waals surface area (Å²) in [5, 5.41) is 13.9. The first kappa shape index (κ1) is 16.5. The first-order valence-corrected chi connectivity index (χ1v) is 8.05. The van der Waals surface area contributed by atoms with Crippen molar-refractivity contribution in [2.45, 2.75) is 13.3 Å². The van der Waals surface area contributed by atoms with Crippen LogP contribution in [-0.4, -0.2) is 30.5 Å². The van der Waals surface area contributed by atoms with Crippen molar-refractivity contribution < 1.29 is 14.3 Å². The average Bonchev–Trinajstić information content (AvgIpc) is 2.89. The van der Waals surface area contributed by atoms with Gasteiger partial charge in [0.2, 0.25) is 5.91 Å². The maximum Gasteiger partial charge on any atom is 0.309 e. The Morgan fingerprint density at radius 1 is 1.60 bits per heavy atom. The maximum absolute atomic E-state index is 11.7. The molecule has 0 aliphatic carbocycles. The monoisotopic (exact) mass is 312 g/mol. The van der Waals surface area contributed by atoms with Gasteiger partial charge < -0.3 is 10.1 Å². The number of rotatable bonds is 7. The summed E-state index contributed by atoms with van der Waals surface area (Å²) in [6.45, 7) is 1.80. The lowest BCUT2D eigenvalue weighted by atomic mass is 10.2. The number of thioether (sulfide) groups is 1. The lowest BCUT2D eigenvalue weighted by molar-refractivity contribution is -0.144. The second-order valence-corrected chi connectivity index (χ2v) is 6.14. The fraction of sp³-hybridized carbons (Fsp3) is 0.462. The van der Waals surface area contributed by atoms with Crippen molar-refractivity contribution in [2.24, 2.45) is 5.92 Å². The van der Waals surface area contributed by atoms with Crippen molar-refractivity contribution in [1.82, 2.24) is 0 Å². The van der Waals surface area contributed by atoms with Gasteiger partial charge in [0.05, 0.1) is 18.6 Å². The lowest BCUT2D eigenvalue weighted by Gasteiger charge is -2.08. The molecule has 0 aliphatic rings. The van der Waals surface area contributed by atoms with Gasteiger partial charge in [-0.1, -0.05) is 6.92 Å². The summed E-state index contributed by atoms with van der Waals surface area (Å²) in [6, 6.07) is 3.69. The highest BCUT2D eigenvalue weighted by atomic mass is 32.2. The van der Waals surface area contributed by atoms with Crippen LogP contribution in [0.5, 0.6) is 0 Å². The quantitative estimate of drug-likeness (QED) is 0.618. The van der Waals surface area contributed by atoms with Crippen molar-refractivity contribution in [3.8, 4) is 6.07 Å². The second kappa shape index (κ2) is 8.61. The van der Waals surface area contributed by atoms with E-state index in [0.717, 1.165) is 0 Å². The molecule has 0 fully saturated rings. The van der Waals surface area contributed by atoms with Crippen molar-refractivity contribution in [1.29, 1.82) is 5.26 Å². The minimum Gasteiger partial charge on any atom is -0.469 e. The van der Waals surface area contributed by atoms with Crippen LogP contribution in [-0.2, 0) is 14.3 Å². The first-order valence-electron chi connectivity index (χ1n) is 6.01. The Morgan fingerprint density at radius 2 is 2.35 bits per heavy atom. The number of carbonyl (C=O) groups excluding carboxylic acids is 2. The molecule has 7 heteroatoms. The zero-order chi connectivity index (χ0) is 15.0. The fourth-order valence-electron chi connectivity index (χ4n) is 1.38. The van der Waals surface area contributed by atoms with Crippen LogP contribution in [0.25, 0.3) is 0 Å². The molecule has 108 valence electrons. The van der Waals surface area contributed by atoms with E-state index in [1.807, 2.05) is 6.07 Å². The van der Waals surface area contributed by atoms with Crippen molar-refractivity contribution in [3.63, 3.8) is 0 Å². The van der Waals surface area contributed by atoms with Crippen molar-refractivity contribution >= 4 is 40.0 Å². The van der Waals surface area contributed by atoms with Gasteiger partial charge in [0.1, 0.15) is 11.1 Å². The summed E-state index contributed by atoms with van der Waals surface area (Å²) in [7, 11) is 1.37. The topological polar surface area (TPSA) is 79.2 Å². The minimum absolute atomic E-state index is 0.123. The van der Waals surface area contributed by atoms with Crippen LogP contribution in [0.2, 0.25) is 0 Å². The maximum atomic E-state index is 11.7. The van der Waals surface area contributed by atoms with Crippen LogP contribution in [0.3, 0.4) is 0 Å². The normalized spacial score (nSPS) is 11.4. The van der Waals surface area contributed by atoms with Crippen LogP contribution in [0, 0.1) is 17.2 Å². The Kier molecular flexibility index (Phi) is 7.12. The molecule has 0 aromatic carbocycles. The summed E-state index contributed by atoms with van der Waals surface area (Å²) in [5.74, 6) is 0.722. The van der Waals surface area contributed by atoms with Crippen LogP contribution in [0.4, 0.5) is 5.00 Å². The molecule has 0 saturated carbocycles. The summed E-state index contributed by atoms with van der Waals surface area (Å²) in [6.07, 6.45) is 0.349. The third kappa shape index (κ3) is 5.23. The van der Waals surface area contributed by atoms with Crippen LogP contribution in [0.15, 0.2) is 11.4 Å². The van der Waals surface area contributed by atoms with E-state index in [9.17, 15) is 9.59 Å². The Labute approximate surface area is 126 Å². The van der Waals surface area contributed by atoms with Gasteiger partial charge in [-0.2, -0.15) is 17.0 Å². The zero-order valence-corrected chi connectivity index (χ0v) is 13.0. The van der Waals surface area contributed by atoms with Gasteiger partial charge in [-0.3, -0.25) is 9.59 Å². The molecule has 0 radical (unpaired) electrons. The predicted octanol–water partition coefficient (Wildman–Crippen LogP) is 2.49. The molecule has 1 aromatic rings. The smallest absolute Gasteiger partial charge is 0.309 e. The van der Waals surface area contributed by atoms with Crippen LogP contribution in [0.1, 0.15) is 18.9 Å². The third-order valence-corrected chi connectivity index (χ3v) is 4.54. The molecular formula is C13H16N2O3S2. The molecule has 1 atom stereocenters. The molecule has 1 unspecified atom stereocenters. The van der Waals surface area contributed by atoms with Crippen molar-refractivity contribution in [2.75, 3.05) is 23.9 Å². The molecule has 1 rings (SSSR count). The molecule has 0 aliphatic heterocycles. The van der Waals surface area contributed by atoms with E-state index in [1.54, 1.807) is 18.4 Å². The third-order valence-electron chi connectivity index (χ3n) is 2.48. The number of methoxy groups -OCH3 is 1. The summed E-state index contributed by atoms with van der Waals surface area (Å²) < 4.78 is 4.62. The molecule has 0 saturated heterocycles. The van der Waals surface area contributed by atoms with Gasteiger partial charge in [-0.15, -0.1) is 11.3 Å². The number of nitrogens with zero attached hydrogens (tertiary/aromatic N) is 1. The molecule has 1 N–H and O–H groups in total. The minimum atomic E-state index is -0.237. The largest absolute Gasteiger partial charge is 0.469 e. The molecule has 1 heterocycles. The summed E-state index contributed by atoms with van der Waals surface area (Å²) in [4.78, 5) is 22.9. The highest BCUT2D eigenvalue weighted by Crippen LogP contribution is 2.22. The molecule has 1 amide bonds. The van der Waals surface area contributed by atoms with Crippen molar-refractivity contribution in [3.05, 3.63) is 17.0 Å². The molecule has 0 bridgehead atoms. The first-order chi connectivity index (χ1) is 9.58. The highest BCUT2D eigenvalue weighted by Gasteiger charge is 2.13. The molecule has 5 nitrogen and oxygen atoms in total. The summed E-state index contributed by atoms with van der Waals surface area (Å²) in [5.41, 5.74) is 0.482. The van der Waals surface area contributed by atoms with E-state index < -0.39 is 0 Å². The Balaban J connectivity index is 2.24. The number of hydrogen-bond acceptors (Lipinski definition) is 6. The molecule has 1 aromatic heterocycles. The number of hydrogen-bond donors (Lipinski definition) is 1. The average molecular weight is 312 g/mol. The van der Waals surface area contributed by atoms with E-state index in [2.05, 4.69) is 10.1 Å². The van der Waals surface area contributed by atoms with Gasteiger partial charge in [-0.05, 0) is 11.4 Å². The number of esters is 1. The molecule has 20 heavy (non-hydrogen) atoms. The Bertz CT molecular complexity index is 508. The fourth-order valence-corrected chi connectivity index (χ4v) is 3.12. The Morgan fingerprint density at radius 3 is 3.00 bits per heavy atom. The van der Waals surface area contributed by atoms with Gasteiger partial charge in [-0.25, -0.2) is 0 Å². The van der Waals surface area contributed by atoms with Gasteiger partial charge in [0.25, 0.3) is 0 Å². The lowest BCUT2D eigenvalue weighted by Crippen LogP contribution is -2.16. The molecule has 0 spiro atoms. The van der Waals surface area contributed by atoms with Crippen LogP contribution >= 0.6 is 23.1 Å². The van der Waals surface area contributed by atoms with Gasteiger partial charge in [0, 0.05) is 17.9 Å². The number of ether oxygens (including phenoxy) is 1. The van der Waals surface area contributed by atoms with Gasteiger partial charge in [0.15, 0.2) is 0 Å². The number of carbonyl (C=O) groups is 2. The van der Waals surface area contributed by atoms with E-state index in [0.29, 0.717) is 28.5 Å². The zero-order valence-electron chi connectivity index (χ0n) is 11.3. The number of anilines is 1. The standard InChI is InChI=1S/C13H16N2O3S2/c1-9(13(17)18-2)8-19-5-4-11(16)15-12-10(7-14)3-6-20-12/h3,6,9H,4-5,8H2,1-2H3,(H,15,16). The van der Waals surface area contributed by atoms with E-state index in [4.69, 9.17) is 5.26 Å². The van der Waals surface area contributed by atoms with Gasteiger partial charge >= 0.3 is 5.97 Å². The van der Waals surface area contributed by atoms with E-state index >= 15 is 0 Å². The predicted molar refractivity (Wildman–Crippen MR) is 80.8 cm³/mol. The second-order valence-electron chi connectivity index (χ2n) is 4.07. The number of amides is 1. The number of nitrogens with one attached hydrogen (secondary N) is 1. The van der Waals surface area contributed by atoms with E-state index in [1.165, 1.54) is 30.2 Å². The number of thiophene rings is 1. The van der Waals surface area contributed by atoms with E-state index in [-0.39, 0.29) is 17.8 Å². The summed E-state index contributed by atoms with van der Waals surface area (Å²) >= 11 is 2.86. The van der Waals surface area contributed by atoms with Crippen LogP contribution < -0.4 is 5.32 Å². The molecular weight excluding hydrogens is 296 g/mol. The number of nitriles is 1. The Hall–Kier alpha value is -1.52. The SMILES string of the molecule is COC(=O)C(C)CSCCC(=O)Nc1sccc1C#N.